The van der Waals surface area contributed by atoms with Crippen LogP contribution in [0.1, 0.15) is 23.2 Å². The summed E-state index contributed by atoms with van der Waals surface area (Å²) in [6, 6.07) is 9.56. The van der Waals surface area contributed by atoms with Gasteiger partial charge in [-0.3, -0.25) is 9.36 Å². The number of benzene rings is 1. The van der Waals surface area contributed by atoms with Crippen molar-refractivity contribution in [2.75, 3.05) is 24.8 Å². The Bertz CT molecular complexity index is 1210. The average Bonchev–Trinajstić information content (AvgIpc) is 3.32. The number of carbonyl (C=O) groups is 1. The molecule has 1 N–H and O–H groups in total. The lowest BCUT2D eigenvalue weighted by Crippen LogP contribution is -2.19. The lowest BCUT2D eigenvalue weighted by molar-refractivity contribution is -0.113. The van der Waals surface area contributed by atoms with Crippen molar-refractivity contribution in [2.24, 2.45) is 0 Å². The molecular weight excluding hydrogens is 472 g/mol. The number of anilines is 1. The molecule has 1 amide bonds. The highest BCUT2D eigenvalue weighted by molar-refractivity contribution is 7.99. The third-order valence-electron chi connectivity index (χ3n) is 5.39. The van der Waals surface area contributed by atoms with E-state index in [9.17, 15) is 10.1 Å². The van der Waals surface area contributed by atoms with E-state index in [1.54, 1.807) is 25.3 Å². The molecule has 8 nitrogen and oxygen atoms in total. The van der Waals surface area contributed by atoms with Crippen LogP contribution in [0.25, 0.3) is 11.4 Å². The molecule has 0 fully saturated rings. The molecule has 0 saturated heterocycles. The fourth-order valence-electron chi connectivity index (χ4n) is 3.58. The van der Waals surface area contributed by atoms with Crippen molar-refractivity contribution in [3.8, 4) is 17.5 Å². The summed E-state index contributed by atoms with van der Waals surface area (Å²) in [6.45, 7) is 9.39. The number of rotatable bonds is 11. The van der Waals surface area contributed by atoms with Crippen molar-refractivity contribution in [3.63, 3.8) is 0 Å². The second-order valence-corrected chi connectivity index (χ2v) is 8.97. The van der Waals surface area contributed by atoms with Gasteiger partial charge >= 0.3 is 0 Å². The minimum absolute atomic E-state index is 0.113. The quantitative estimate of drug-likeness (QED) is 0.231. The predicted molar refractivity (Wildman–Crippen MR) is 135 cm³/mol. The Kier molecular flexibility index (Phi) is 8.93. The molecule has 0 aliphatic heterocycles. The number of amides is 1. The maximum atomic E-state index is 12.9. The van der Waals surface area contributed by atoms with Gasteiger partial charge in [0.05, 0.1) is 11.3 Å². The number of nitrogens with one attached hydrogen (secondary N) is 1. The number of halogens is 1. The second kappa shape index (κ2) is 11.9. The van der Waals surface area contributed by atoms with E-state index in [2.05, 4.69) is 28.2 Å². The summed E-state index contributed by atoms with van der Waals surface area (Å²) in [6.07, 6.45) is 2.52. The van der Waals surface area contributed by atoms with Gasteiger partial charge < -0.3 is 14.6 Å². The SMILES string of the molecule is C=CCn1c(SCC(=O)Nc2c(C#N)c(C)c(C)n2CCCOC)nnc1-c1ccc(Cl)cc1. The van der Waals surface area contributed by atoms with Gasteiger partial charge in [0, 0.05) is 43.1 Å². The minimum atomic E-state index is -0.229. The Labute approximate surface area is 208 Å². The fourth-order valence-corrected chi connectivity index (χ4v) is 4.45. The zero-order valence-electron chi connectivity index (χ0n) is 19.5. The van der Waals surface area contributed by atoms with Gasteiger partial charge in [-0.1, -0.05) is 29.4 Å². The molecule has 10 heteroatoms. The second-order valence-electron chi connectivity index (χ2n) is 7.59. The normalized spacial score (nSPS) is 10.8. The van der Waals surface area contributed by atoms with E-state index in [4.69, 9.17) is 16.3 Å². The van der Waals surface area contributed by atoms with Crippen molar-refractivity contribution >= 4 is 35.1 Å². The fraction of sp³-hybridized carbons (Fsp3) is 0.333. The molecule has 0 atom stereocenters. The first-order valence-electron chi connectivity index (χ1n) is 10.7. The van der Waals surface area contributed by atoms with Crippen molar-refractivity contribution in [1.29, 1.82) is 5.26 Å². The minimum Gasteiger partial charge on any atom is -0.385 e. The van der Waals surface area contributed by atoms with E-state index < -0.39 is 0 Å². The first-order chi connectivity index (χ1) is 16.4. The molecule has 34 heavy (non-hydrogen) atoms. The van der Waals surface area contributed by atoms with Crippen LogP contribution in [0.4, 0.5) is 5.82 Å². The Balaban J connectivity index is 1.77. The van der Waals surface area contributed by atoms with E-state index in [1.807, 2.05) is 35.1 Å². The van der Waals surface area contributed by atoms with Gasteiger partial charge in [-0.25, -0.2) is 0 Å². The zero-order valence-corrected chi connectivity index (χ0v) is 21.0. The number of hydrogen-bond acceptors (Lipinski definition) is 6. The molecule has 0 spiro atoms. The van der Waals surface area contributed by atoms with Gasteiger partial charge in [0.1, 0.15) is 11.9 Å². The zero-order chi connectivity index (χ0) is 24.7. The van der Waals surface area contributed by atoms with Crippen molar-refractivity contribution in [3.05, 3.63) is 58.8 Å². The molecule has 1 aromatic carbocycles. The summed E-state index contributed by atoms with van der Waals surface area (Å²) >= 11 is 7.28. The molecular formula is C24H27ClN6O2S. The summed E-state index contributed by atoms with van der Waals surface area (Å²) in [5.41, 5.74) is 3.16. The molecule has 0 bridgehead atoms. The summed E-state index contributed by atoms with van der Waals surface area (Å²) in [5, 5.41) is 22.4. The lowest BCUT2D eigenvalue weighted by atomic mass is 10.2. The predicted octanol–water partition coefficient (Wildman–Crippen LogP) is 4.84. The maximum absolute atomic E-state index is 12.9. The van der Waals surface area contributed by atoms with Crippen LogP contribution in [-0.2, 0) is 22.6 Å². The van der Waals surface area contributed by atoms with E-state index in [0.29, 0.717) is 47.1 Å². The topological polar surface area (TPSA) is 97.8 Å². The van der Waals surface area contributed by atoms with Crippen molar-refractivity contribution in [1.82, 2.24) is 19.3 Å². The molecule has 178 valence electrons. The van der Waals surface area contributed by atoms with Gasteiger partial charge in [-0.05, 0) is 50.1 Å². The molecule has 0 unspecified atom stereocenters. The van der Waals surface area contributed by atoms with E-state index in [1.165, 1.54) is 11.8 Å². The highest BCUT2D eigenvalue weighted by Gasteiger charge is 2.20. The van der Waals surface area contributed by atoms with Crippen LogP contribution in [-0.4, -0.2) is 44.7 Å². The standard InChI is InChI=1S/C24H27ClN6O2S/c1-5-11-31-22(18-7-9-19(25)10-8-18)28-29-24(31)34-15-21(32)27-23-20(14-26)16(2)17(3)30(23)12-6-13-33-4/h5,7-10H,1,6,11-13,15H2,2-4H3,(H,27,32). The average molecular weight is 499 g/mol. The smallest absolute Gasteiger partial charge is 0.235 e. The van der Waals surface area contributed by atoms with Gasteiger partial charge in [-0.2, -0.15) is 5.26 Å². The third-order valence-corrected chi connectivity index (χ3v) is 6.61. The monoisotopic (exact) mass is 498 g/mol. The highest BCUT2D eigenvalue weighted by Crippen LogP contribution is 2.28. The highest BCUT2D eigenvalue weighted by atomic mass is 35.5. The summed E-state index contributed by atoms with van der Waals surface area (Å²) in [7, 11) is 1.65. The molecule has 0 aliphatic carbocycles. The van der Waals surface area contributed by atoms with Crippen LogP contribution in [0.2, 0.25) is 5.02 Å². The van der Waals surface area contributed by atoms with Gasteiger partial charge in [0.15, 0.2) is 11.0 Å². The maximum Gasteiger partial charge on any atom is 0.235 e. The number of thioether (sulfide) groups is 1. The van der Waals surface area contributed by atoms with Gasteiger partial charge in [0.2, 0.25) is 5.91 Å². The Morgan fingerprint density at radius 2 is 2.03 bits per heavy atom. The van der Waals surface area contributed by atoms with Crippen LogP contribution in [0, 0.1) is 25.2 Å². The number of hydrogen-bond donors (Lipinski definition) is 1. The lowest BCUT2D eigenvalue weighted by Gasteiger charge is -2.13. The molecule has 2 aromatic heterocycles. The van der Waals surface area contributed by atoms with Crippen LogP contribution >= 0.6 is 23.4 Å². The van der Waals surface area contributed by atoms with E-state index >= 15 is 0 Å². The van der Waals surface area contributed by atoms with Crippen LogP contribution in [0.5, 0.6) is 0 Å². The summed E-state index contributed by atoms with van der Waals surface area (Å²) in [4.78, 5) is 12.9. The number of methoxy groups -OCH3 is 1. The van der Waals surface area contributed by atoms with Crippen molar-refractivity contribution < 1.29 is 9.53 Å². The van der Waals surface area contributed by atoms with E-state index in [-0.39, 0.29) is 11.7 Å². The van der Waals surface area contributed by atoms with Gasteiger partial charge in [-0.15, -0.1) is 16.8 Å². The molecule has 0 radical (unpaired) electrons. The number of aromatic nitrogens is 4. The first-order valence-corrected chi connectivity index (χ1v) is 12.1. The number of nitriles is 1. The Hall–Kier alpha value is -3.06. The molecule has 0 saturated carbocycles. The summed E-state index contributed by atoms with van der Waals surface area (Å²) in [5.74, 6) is 1.08. The largest absolute Gasteiger partial charge is 0.385 e. The first kappa shape index (κ1) is 25.6. The summed E-state index contributed by atoms with van der Waals surface area (Å²) < 4.78 is 9.01. The molecule has 0 aliphatic rings. The van der Waals surface area contributed by atoms with Crippen LogP contribution in [0.15, 0.2) is 42.1 Å². The van der Waals surface area contributed by atoms with Crippen LogP contribution < -0.4 is 5.32 Å². The van der Waals surface area contributed by atoms with Crippen LogP contribution in [0.3, 0.4) is 0 Å². The number of ether oxygens (including phenoxy) is 1. The number of carbonyl (C=O) groups excluding carboxylic acids is 1. The number of nitrogens with zero attached hydrogens (tertiary/aromatic N) is 5. The Morgan fingerprint density at radius 3 is 2.68 bits per heavy atom. The van der Waals surface area contributed by atoms with Gasteiger partial charge in [0.25, 0.3) is 0 Å². The molecule has 3 rings (SSSR count). The molecule has 2 heterocycles. The van der Waals surface area contributed by atoms with Crippen molar-refractivity contribution in [2.45, 2.75) is 38.5 Å². The number of allylic oxidation sites excluding steroid dienone is 1. The molecule has 3 aromatic rings. The Morgan fingerprint density at radius 1 is 1.29 bits per heavy atom. The van der Waals surface area contributed by atoms with E-state index in [0.717, 1.165) is 23.2 Å². The third kappa shape index (κ3) is 5.70.